The monoisotopic (exact) mass is 242 g/mol. The van der Waals surface area contributed by atoms with Gasteiger partial charge in [-0.3, -0.25) is 9.36 Å². The fourth-order valence-corrected chi connectivity index (χ4v) is 0.947. The van der Waals surface area contributed by atoms with Crippen molar-refractivity contribution in [3.05, 3.63) is 27.9 Å². The van der Waals surface area contributed by atoms with Gasteiger partial charge in [-0.05, 0) is 0 Å². The average Bonchev–Trinajstić information content (AvgIpc) is 2.10. The molecule has 0 aliphatic heterocycles. The van der Waals surface area contributed by atoms with Crippen LogP contribution in [0, 0.1) is 0 Å². The maximum atomic E-state index is 11.7. The van der Waals surface area contributed by atoms with Crippen molar-refractivity contribution in [1.29, 1.82) is 0 Å². The van der Waals surface area contributed by atoms with Crippen molar-refractivity contribution in [2.45, 2.75) is 12.9 Å². The van der Waals surface area contributed by atoms with E-state index in [4.69, 9.17) is 11.6 Å². The van der Waals surface area contributed by atoms with E-state index in [0.717, 1.165) is 4.57 Å². The van der Waals surface area contributed by atoms with E-state index >= 15 is 0 Å². The second-order valence-electron chi connectivity index (χ2n) is 2.59. The van der Waals surface area contributed by atoms with Gasteiger partial charge in [0.25, 0.3) is 5.56 Å². The van der Waals surface area contributed by atoms with Crippen molar-refractivity contribution in [2.75, 3.05) is 6.61 Å². The molecule has 1 heterocycles. The van der Waals surface area contributed by atoms with Crippen molar-refractivity contribution < 1.29 is 17.9 Å². The molecule has 0 bridgehead atoms. The molecule has 0 aromatic carbocycles. The minimum Gasteiger partial charge on any atom is -0.351 e. The Kier molecular flexibility index (Phi) is 3.70. The molecule has 1 aromatic rings. The summed E-state index contributed by atoms with van der Waals surface area (Å²) in [5, 5.41) is -0.312. The summed E-state index contributed by atoms with van der Waals surface area (Å²) in [5.41, 5.74) is -0.693. The third-order valence-corrected chi connectivity index (χ3v) is 1.63. The van der Waals surface area contributed by atoms with Gasteiger partial charge in [0, 0.05) is 12.4 Å². The van der Waals surface area contributed by atoms with Gasteiger partial charge < -0.3 is 4.74 Å². The van der Waals surface area contributed by atoms with E-state index in [9.17, 15) is 18.0 Å². The van der Waals surface area contributed by atoms with E-state index in [-0.39, 0.29) is 5.15 Å². The molecule has 0 atom stereocenters. The van der Waals surface area contributed by atoms with Gasteiger partial charge in [0.05, 0.1) is 0 Å². The van der Waals surface area contributed by atoms with Crippen molar-refractivity contribution in [1.82, 2.24) is 9.55 Å². The molecule has 0 N–H and O–H groups in total. The molecule has 4 nitrogen and oxygen atoms in total. The van der Waals surface area contributed by atoms with Crippen molar-refractivity contribution >= 4 is 11.6 Å². The quantitative estimate of drug-likeness (QED) is 0.805. The average molecular weight is 243 g/mol. The van der Waals surface area contributed by atoms with Crippen LogP contribution in [-0.4, -0.2) is 22.3 Å². The largest absolute Gasteiger partial charge is 0.411 e. The van der Waals surface area contributed by atoms with Crippen molar-refractivity contribution in [3.63, 3.8) is 0 Å². The predicted molar refractivity (Wildman–Crippen MR) is 45.5 cm³/mol. The molecular formula is C7H6ClF3N2O2. The Morgan fingerprint density at radius 2 is 2.20 bits per heavy atom. The van der Waals surface area contributed by atoms with Crippen LogP contribution in [0.5, 0.6) is 0 Å². The van der Waals surface area contributed by atoms with Crippen LogP contribution in [0.4, 0.5) is 13.2 Å². The smallest absolute Gasteiger partial charge is 0.351 e. The maximum absolute atomic E-state index is 11.7. The van der Waals surface area contributed by atoms with Crippen LogP contribution in [0.3, 0.4) is 0 Å². The van der Waals surface area contributed by atoms with Gasteiger partial charge >= 0.3 is 6.18 Å². The summed E-state index contributed by atoms with van der Waals surface area (Å²) < 4.78 is 40.2. The van der Waals surface area contributed by atoms with Crippen LogP contribution in [0.25, 0.3) is 0 Å². The first-order chi connectivity index (χ1) is 6.90. The van der Waals surface area contributed by atoms with Crippen LogP contribution < -0.4 is 5.56 Å². The minimum atomic E-state index is -4.42. The Bertz CT molecular complexity index is 391. The van der Waals surface area contributed by atoms with Crippen LogP contribution in [-0.2, 0) is 11.5 Å². The minimum absolute atomic E-state index is 0.312. The summed E-state index contributed by atoms with van der Waals surface area (Å²) in [6.45, 7) is -1.93. The summed E-state index contributed by atoms with van der Waals surface area (Å²) in [6.07, 6.45) is -2.04. The molecule has 0 spiro atoms. The molecule has 0 aliphatic carbocycles. The van der Waals surface area contributed by atoms with Gasteiger partial charge in [0.1, 0.15) is 13.3 Å². The lowest BCUT2D eigenvalue weighted by atomic mass is 10.7. The van der Waals surface area contributed by atoms with E-state index in [1.165, 1.54) is 12.4 Å². The van der Waals surface area contributed by atoms with Gasteiger partial charge in [0.2, 0.25) is 0 Å². The van der Waals surface area contributed by atoms with Crippen molar-refractivity contribution in [3.8, 4) is 0 Å². The number of halogens is 4. The molecule has 15 heavy (non-hydrogen) atoms. The number of nitrogens with zero attached hydrogens (tertiary/aromatic N) is 2. The molecular weight excluding hydrogens is 237 g/mol. The van der Waals surface area contributed by atoms with Gasteiger partial charge in [-0.2, -0.15) is 13.2 Å². The number of hydrogen-bond donors (Lipinski definition) is 0. The van der Waals surface area contributed by atoms with Crippen LogP contribution in [0.15, 0.2) is 17.2 Å². The number of alkyl halides is 3. The standard InChI is InChI=1S/C7H6ClF3N2O2/c8-5-6(14)13(2-1-12-5)4-15-3-7(9,10)11/h1-2H,3-4H2. The van der Waals surface area contributed by atoms with Gasteiger partial charge in [-0.1, -0.05) is 11.6 Å². The summed E-state index contributed by atoms with van der Waals surface area (Å²) in [6, 6.07) is 0. The summed E-state index contributed by atoms with van der Waals surface area (Å²) in [4.78, 5) is 14.6. The first kappa shape index (κ1) is 12.0. The highest BCUT2D eigenvalue weighted by atomic mass is 35.5. The Labute approximate surface area is 87.3 Å². The number of ether oxygens (including phenoxy) is 1. The number of aromatic nitrogens is 2. The zero-order chi connectivity index (χ0) is 11.5. The Morgan fingerprint density at radius 3 is 2.80 bits per heavy atom. The molecule has 1 aromatic heterocycles. The summed E-state index contributed by atoms with van der Waals surface area (Å²) >= 11 is 5.36. The fourth-order valence-electron chi connectivity index (χ4n) is 0.782. The van der Waals surface area contributed by atoms with Crippen LogP contribution >= 0.6 is 11.6 Å². The number of hydrogen-bond acceptors (Lipinski definition) is 3. The van der Waals surface area contributed by atoms with Gasteiger partial charge in [0.15, 0.2) is 5.15 Å². The molecule has 0 amide bonds. The Morgan fingerprint density at radius 1 is 1.53 bits per heavy atom. The topological polar surface area (TPSA) is 44.1 Å². The Balaban J connectivity index is 2.59. The SMILES string of the molecule is O=c1c(Cl)nccn1COCC(F)(F)F. The molecule has 0 aliphatic rings. The Hall–Kier alpha value is -1.08. The second kappa shape index (κ2) is 4.63. The van der Waals surface area contributed by atoms with Crippen LogP contribution in [0.1, 0.15) is 0 Å². The molecule has 0 fully saturated rings. The van der Waals surface area contributed by atoms with E-state index in [0.29, 0.717) is 0 Å². The third-order valence-electron chi connectivity index (χ3n) is 1.37. The maximum Gasteiger partial charge on any atom is 0.411 e. The first-order valence-corrected chi connectivity index (χ1v) is 4.13. The van der Waals surface area contributed by atoms with Crippen molar-refractivity contribution in [2.24, 2.45) is 0 Å². The lowest BCUT2D eigenvalue weighted by Crippen LogP contribution is -2.25. The highest BCUT2D eigenvalue weighted by Crippen LogP contribution is 2.14. The van der Waals surface area contributed by atoms with Crippen LogP contribution in [0.2, 0.25) is 5.15 Å². The first-order valence-electron chi connectivity index (χ1n) is 3.75. The molecule has 84 valence electrons. The molecule has 0 unspecified atom stereocenters. The molecule has 0 saturated heterocycles. The zero-order valence-corrected chi connectivity index (χ0v) is 8.05. The zero-order valence-electron chi connectivity index (χ0n) is 7.29. The molecule has 0 radical (unpaired) electrons. The summed E-state index contributed by atoms with van der Waals surface area (Å²) in [7, 11) is 0. The highest BCUT2D eigenvalue weighted by Gasteiger charge is 2.27. The third kappa shape index (κ3) is 3.88. The van der Waals surface area contributed by atoms with Gasteiger partial charge in [-0.25, -0.2) is 4.98 Å². The van der Waals surface area contributed by atoms with E-state index < -0.39 is 25.1 Å². The highest BCUT2D eigenvalue weighted by molar-refractivity contribution is 6.29. The summed E-state index contributed by atoms with van der Waals surface area (Å²) in [5.74, 6) is 0. The normalized spacial score (nSPS) is 11.7. The molecule has 1 rings (SSSR count). The van der Waals surface area contributed by atoms with E-state index in [2.05, 4.69) is 9.72 Å². The number of rotatable bonds is 3. The van der Waals surface area contributed by atoms with E-state index in [1.54, 1.807) is 0 Å². The lowest BCUT2D eigenvalue weighted by Gasteiger charge is -2.08. The molecule has 8 heteroatoms. The predicted octanol–water partition coefficient (Wildman–Crippen LogP) is 1.43. The van der Waals surface area contributed by atoms with E-state index in [1.807, 2.05) is 0 Å². The second-order valence-corrected chi connectivity index (χ2v) is 2.94. The van der Waals surface area contributed by atoms with Gasteiger partial charge in [-0.15, -0.1) is 0 Å². The fraction of sp³-hybridized carbons (Fsp3) is 0.429. The lowest BCUT2D eigenvalue weighted by molar-refractivity contribution is -0.182. The molecule has 0 saturated carbocycles.